The molecule has 3 heterocycles. The van der Waals surface area contributed by atoms with E-state index in [-0.39, 0.29) is 0 Å². The van der Waals surface area contributed by atoms with Gasteiger partial charge in [-0.2, -0.15) is 0 Å². The van der Waals surface area contributed by atoms with E-state index in [4.69, 9.17) is 19.9 Å². The van der Waals surface area contributed by atoms with Crippen LogP contribution in [0, 0.1) is 0 Å². The lowest BCUT2D eigenvalue weighted by Crippen LogP contribution is -1.94. The second-order valence-corrected chi connectivity index (χ2v) is 17.4. The van der Waals surface area contributed by atoms with Gasteiger partial charge in [0.25, 0.3) is 0 Å². The summed E-state index contributed by atoms with van der Waals surface area (Å²) in [5.74, 6) is 0. The van der Waals surface area contributed by atoms with Gasteiger partial charge in [-0.1, -0.05) is 176 Å². The number of benzene rings is 11. The van der Waals surface area contributed by atoms with Gasteiger partial charge in [0.05, 0.1) is 56.9 Å². The molecule has 0 fully saturated rings. The van der Waals surface area contributed by atoms with Crippen LogP contribution in [0.3, 0.4) is 0 Å². The zero-order valence-electron chi connectivity index (χ0n) is 36.1. The average molecular weight is 852 g/mol. The van der Waals surface area contributed by atoms with Gasteiger partial charge in [-0.25, -0.2) is 9.97 Å². The summed E-state index contributed by atoms with van der Waals surface area (Å²) < 4.78 is 2.40. The van der Waals surface area contributed by atoms with Crippen LogP contribution in [0.1, 0.15) is 0 Å². The van der Waals surface area contributed by atoms with Gasteiger partial charge in [0.1, 0.15) is 0 Å². The summed E-state index contributed by atoms with van der Waals surface area (Å²) in [6.07, 6.45) is 3.84. The molecule has 0 saturated carbocycles. The maximum atomic E-state index is 5.31. The van der Waals surface area contributed by atoms with Gasteiger partial charge >= 0.3 is 0 Å². The highest BCUT2D eigenvalue weighted by Crippen LogP contribution is 2.40. The molecule has 14 aromatic rings. The summed E-state index contributed by atoms with van der Waals surface area (Å²) in [4.78, 5) is 20.7. The molecule has 0 N–H and O–H groups in total. The monoisotopic (exact) mass is 851 g/mol. The number of para-hydroxylation sites is 1. The Hall–Kier alpha value is -9.06. The minimum absolute atomic E-state index is 0.848. The van der Waals surface area contributed by atoms with Gasteiger partial charge in [0.15, 0.2) is 0 Å². The molecule has 0 aliphatic carbocycles. The zero-order valence-corrected chi connectivity index (χ0v) is 36.1. The quantitative estimate of drug-likeness (QED) is 0.162. The van der Waals surface area contributed by atoms with E-state index >= 15 is 0 Å². The molecule has 5 heteroatoms. The van der Waals surface area contributed by atoms with Crippen molar-refractivity contribution in [1.29, 1.82) is 0 Å². The van der Waals surface area contributed by atoms with Crippen molar-refractivity contribution >= 4 is 87.0 Å². The Labute approximate surface area is 384 Å². The minimum Gasteiger partial charge on any atom is -0.309 e. The molecule has 0 aliphatic heterocycles. The molecule has 0 radical (unpaired) electrons. The summed E-state index contributed by atoms with van der Waals surface area (Å²) in [6.45, 7) is 0. The Bertz CT molecular complexity index is 4010. The molecule has 0 unspecified atom stereocenters. The van der Waals surface area contributed by atoms with E-state index in [9.17, 15) is 0 Å². The molecular formula is C62H37N5. The second-order valence-electron chi connectivity index (χ2n) is 17.4. The second kappa shape index (κ2) is 14.7. The fraction of sp³-hybridized carbons (Fsp3) is 0. The number of rotatable bonds is 5. The first kappa shape index (κ1) is 37.3. The van der Waals surface area contributed by atoms with Crippen LogP contribution in [-0.4, -0.2) is 24.5 Å². The third-order valence-corrected chi connectivity index (χ3v) is 13.6. The predicted octanol–water partition coefficient (Wildman–Crippen LogP) is 16.0. The molecule has 0 bridgehead atoms. The molecule has 5 nitrogen and oxygen atoms in total. The van der Waals surface area contributed by atoms with Crippen molar-refractivity contribution in [3.05, 3.63) is 225 Å². The highest BCUT2D eigenvalue weighted by molar-refractivity contribution is 6.24. The number of hydrogen-bond donors (Lipinski definition) is 0. The van der Waals surface area contributed by atoms with E-state index in [2.05, 4.69) is 217 Å². The lowest BCUT2D eigenvalue weighted by molar-refractivity contribution is 1.18. The van der Waals surface area contributed by atoms with Crippen LogP contribution in [0.25, 0.3) is 137 Å². The molecule has 310 valence electrons. The molecule has 0 spiro atoms. The van der Waals surface area contributed by atoms with Crippen LogP contribution in [0.2, 0.25) is 0 Å². The predicted molar refractivity (Wildman–Crippen MR) is 279 cm³/mol. The smallest absolute Gasteiger partial charge is 0.0979 e. The first-order valence-corrected chi connectivity index (χ1v) is 22.7. The van der Waals surface area contributed by atoms with Crippen LogP contribution in [0.5, 0.6) is 0 Å². The molecule has 14 rings (SSSR count). The van der Waals surface area contributed by atoms with E-state index in [0.717, 1.165) is 105 Å². The van der Waals surface area contributed by atoms with Crippen molar-refractivity contribution in [3.8, 4) is 50.5 Å². The van der Waals surface area contributed by atoms with Crippen molar-refractivity contribution < 1.29 is 0 Å². The van der Waals surface area contributed by atoms with Gasteiger partial charge in [-0.05, 0) is 80.2 Å². The van der Waals surface area contributed by atoms with Gasteiger partial charge in [-0.15, -0.1) is 0 Å². The van der Waals surface area contributed by atoms with Crippen molar-refractivity contribution in [2.45, 2.75) is 0 Å². The molecule has 0 saturated heterocycles. The van der Waals surface area contributed by atoms with Crippen molar-refractivity contribution in [2.75, 3.05) is 0 Å². The van der Waals surface area contributed by atoms with Crippen LogP contribution >= 0.6 is 0 Å². The van der Waals surface area contributed by atoms with Crippen molar-refractivity contribution in [3.63, 3.8) is 0 Å². The first-order valence-electron chi connectivity index (χ1n) is 22.7. The van der Waals surface area contributed by atoms with Crippen LogP contribution in [-0.2, 0) is 0 Å². The summed E-state index contributed by atoms with van der Waals surface area (Å²) in [6, 6.07) is 75.8. The standard InChI is InChI=1S/C62H37N5/c1-2-18-44(19-3-1)67-57-34-40(38-14-12-16-42(32-38)55-36-63-59-51-24-8-4-20-45(51)47-22-6-10-26-53(47)61(59)65-55)28-30-49(57)50-31-29-41(35-58(50)67)39-15-13-17-43(33-39)56-37-64-60-52-25-9-5-21-46(52)48-23-7-11-27-54(48)62(60)66-56/h1-37H. The minimum atomic E-state index is 0.848. The maximum Gasteiger partial charge on any atom is 0.0979 e. The van der Waals surface area contributed by atoms with Gasteiger partial charge in [0, 0.05) is 49.1 Å². The third kappa shape index (κ3) is 5.88. The van der Waals surface area contributed by atoms with Crippen molar-refractivity contribution in [2.24, 2.45) is 0 Å². The molecular weight excluding hydrogens is 815 g/mol. The topological polar surface area (TPSA) is 56.5 Å². The number of hydrogen-bond acceptors (Lipinski definition) is 4. The Morgan fingerprint density at radius 1 is 0.254 bits per heavy atom. The van der Waals surface area contributed by atoms with E-state index in [1.165, 1.54) is 32.3 Å². The SMILES string of the molecule is c1ccc(-n2c3cc(-c4cccc(-c5cnc6c7ccccc7c7ccccc7c6n5)c4)ccc3c3ccc(-c4cccc(-c5cnc6c7ccccc7c7ccccc7c6n5)c4)cc32)cc1. The Balaban J connectivity index is 0.876. The van der Waals surface area contributed by atoms with Gasteiger partial charge < -0.3 is 4.57 Å². The summed E-state index contributed by atoms with van der Waals surface area (Å²) in [5.41, 5.74) is 15.3. The normalized spacial score (nSPS) is 11.9. The molecule has 67 heavy (non-hydrogen) atoms. The Kier molecular flexibility index (Phi) is 8.21. The van der Waals surface area contributed by atoms with E-state index in [1.807, 2.05) is 12.4 Å². The molecule has 0 atom stereocenters. The average Bonchev–Trinajstić information content (AvgIpc) is 3.74. The molecule has 3 aromatic heterocycles. The summed E-state index contributed by atoms with van der Waals surface area (Å²) in [5, 5.41) is 11.6. The van der Waals surface area contributed by atoms with E-state index < -0.39 is 0 Å². The lowest BCUT2D eigenvalue weighted by Gasteiger charge is -2.12. The number of aromatic nitrogens is 5. The zero-order chi connectivity index (χ0) is 44.0. The largest absolute Gasteiger partial charge is 0.309 e. The van der Waals surface area contributed by atoms with Gasteiger partial charge in [-0.3, -0.25) is 9.97 Å². The highest BCUT2D eigenvalue weighted by Gasteiger charge is 2.18. The molecule has 0 aliphatic rings. The van der Waals surface area contributed by atoms with Crippen LogP contribution in [0.15, 0.2) is 225 Å². The van der Waals surface area contributed by atoms with Gasteiger partial charge in [0.2, 0.25) is 0 Å². The molecule has 11 aromatic carbocycles. The summed E-state index contributed by atoms with van der Waals surface area (Å²) >= 11 is 0. The number of fused-ring (bicyclic) bond motifs is 15. The fourth-order valence-electron chi connectivity index (χ4n) is 10.5. The summed E-state index contributed by atoms with van der Waals surface area (Å²) in [7, 11) is 0. The first-order chi connectivity index (χ1) is 33.2. The van der Waals surface area contributed by atoms with Crippen LogP contribution < -0.4 is 0 Å². The third-order valence-electron chi connectivity index (χ3n) is 13.6. The maximum absolute atomic E-state index is 5.31. The lowest BCUT2D eigenvalue weighted by atomic mass is 9.98. The van der Waals surface area contributed by atoms with Crippen LogP contribution in [0.4, 0.5) is 0 Å². The molecule has 0 amide bonds. The van der Waals surface area contributed by atoms with Crippen molar-refractivity contribution in [1.82, 2.24) is 24.5 Å². The Morgan fingerprint density at radius 3 is 1.04 bits per heavy atom. The van der Waals surface area contributed by atoms with E-state index in [0.29, 0.717) is 0 Å². The Morgan fingerprint density at radius 2 is 0.612 bits per heavy atom. The van der Waals surface area contributed by atoms with E-state index in [1.54, 1.807) is 0 Å². The highest BCUT2D eigenvalue weighted by atomic mass is 15.0. The fourth-order valence-corrected chi connectivity index (χ4v) is 10.5. The number of nitrogens with zero attached hydrogens (tertiary/aromatic N) is 5.